The summed E-state index contributed by atoms with van der Waals surface area (Å²) < 4.78 is 11.3. The van der Waals surface area contributed by atoms with Crippen molar-refractivity contribution >= 4 is 11.8 Å². The van der Waals surface area contributed by atoms with Crippen molar-refractivity contribution in [2.45, 2.75) is 45.2 Å². The Morgan fingerprint density at radius 2 is 1.85 bits per heavy atom. The topological polar surface area (TPSA) is 59.1 Å². The van der Waals surface area contributed by atoms with Crippen LogP contribution in [-0.2, 0) is 16.1 Å². The third-order valence-corrected chi connectivity index (χ3v) is 5.95. The van der Waals surface area contributed by atoms with Gasteiger partial charge in [-0.15, -0.1) is 0 Å². The molecule has 2 fully saturated rings. The first-order valence-corrected chi connectivity index (χ1v) is 10.1. The van der Waals surface area contributed by atoms with Crippen LogP contribution in [0.15, 0.2) is 18.2 Å². The van der Waals surface area contributed by atoms with Crippen LogP contribution in [0.1, 0.15) is 48.5 Å². The van der Waals surface area contributed by atoms with Gasteiger partial charge in [0.25, 0.3) is 5.91 Å². The van der Waals surface area contributed by atoms with Gasteiger partial charge < -0.3 is 19.3 Å². The molecule has 2 amide bonds. The lowest BCUT2D eigenvalue weighted by atomic mass is 10.0. The van der Waals surface area contributed by atoms with Gasteiger partial charge in [0.15, 0.2) is 0 Å². The van der Waals surface area contributed by atoms with E-state index in [1.807, 2.05) is 34.9 Å². The lowest BCUT2D eigenvalue weighted by Crippen LogP contribution is -2.42. The summed E-state index contributed by atoms with van der Waals surface area (Å²) >= 11 is 0. The number of rotatable bonds is 2. The van der Waals surface area contributed by atoms with Gasteiger partial charge in [0.1, 0.15) is 12.4 Å². The summed E-state index contributed by atoms with van der Waals surface area (Å²) in [6.45, 7) is 5.45. The number of amides is 2. The Balaban J connectivity index is 1.55. The van der Waals surface area contributed by atoms with E-state index in [1.165, 1.54) is 0 Å². The average Bonchev–Trinajstić information content (AvgIpc) is 3.19. The van der Waals surface area contributed by atoms with E-state index >= 15 is 0 Å². The molecule has 0 unspecified atom stereocenters. The predicted octanol–water partition coefficient (Wildman–Crippen LogP) is 2.46. The van der Waals surface area contributed by atoms with Crippen molar-refractivity contribution in [1.29, 1.82) is 0 Å². The second-order valence-corrected chi connectivity index (χ2v) is 7.83. The van der Waals surface area contributed by atoms with Crippen molar-refractivity contribution in [1.82, 2.24) is 9.80 Å². The molecule has 2 heterocycles. The van der Waals surface area contributed by atoms with Gasteiger partial charge in [-0.3, -0.25) is 9.59 Å². The van der Waals surface area contributed by atoms with Crippen LogP contribution in [-0.4, -0.2) is 60.6 Å². The maximum absolute atomic E-state index is 13.0. The minimum Gasteiger partial charge on any atom is -0.491 e. The summed E-state index contributed by atoms with van der Waals surface area (Å²) in [6, 6.07) is 5.64. The predicted molar refractivity (Wildman–Crippen MR) is 101 cm³/mol. The SMILES string of the molecule is C[C@H]1COc2ccc(C(=O)N3CCOCC3)cc2CN1C(=O)C1CCCC1. The van der Waals surface area contributed by atoms with Crippen molar-refractivity contribution in [3.05, 3.63) is 29.3 Å². The zero-order valence-corrected chi connectivity index (χ0v) is 16.0. The Bertz CT molecular complexity index is 708. The lowest BCUT2D eigenvalue weighted by molar-refractivity contribution is -0.138. The molecule has 27 heavy (non-hydrogen) atoms. The summed E-state index contributed by atoms with van der Waals surface area (Å²) in [5.41, 5.74) is 1.58. The first-order chi connectivity index (χ1) is 13.1. The summed E-state index contributed by atoms with van der Waals surface area (Å²) in [4.78, 5) is 29.6. The highest BCUT2D eigenvalue weighted by Crippen LogP contribution is 2.31. The van der Waals surface area contributed by atoms with Gasteiger partial charge in [-0.2, -0.15) is 0 Å². The number of fused-ring (bicyclic) bond motifs is 1. The number of ether oxygens (including phenoxy) is 2. The average molecular weight is 372 g/mol. The van der Waals surface area contributed by atoms with Crippen LogP contribution >= 0.6 is 0 Å². The third-order valence-electron chi connectivity index (χ3n) is 5.95. The van der Waals surface area contributed by atoms with Gasteiger partial charge in [-0.25, -0.2) is 0 Å². The number of hydrogen-bond acceptors (Lipinski definition) is 4. The van der Waals surface area contributed by atoms with Crippen molar-refractivity contribution < 1.29 is 19.1 Å². The standard InChI is InChI=1S/C21H28N2O4/c1-15-14-27-19-7-6-17(20(24)22-8-10-26-11-9-22)12-18(19)13-23(15)21(25)16-4-2-3-5-16/h6-7,12,15-16H,2-5,8-11,13-14H2,1H3/t15-/m0/s1. The van der Waals surface area contributed by atoms with Gasteiger partial charge in [0.2, 0.25) is 5.91 Å². The van der Waals surface area contributed by atoms with Crippen molar-refractivity contribution in [2.75, 3.05) is 32.9 Å². The zero-order valence-electron chi connectivity index (χ0n) is 16.0. The van der Waals surface area contributed by atoms with Crippen LogP contribution in [0.2, 0.25) is 0 Å². The second kappa shape index (κ2) is 7.89. The van der Waals surface area contributed by atoms with Crippen LogP contribution in [0.5, 0.6) is 5.75 Å². The minimum atomic E-state index is 0.0204. The number of carbonyl (C=O) groups is 2. The van der Waals surface area contributed by atoms with Gasteiger partial charge >= 0.3 is 0 Å². The summed E-state index contributed by atoms with van der Waals surface area (Å²) in [5.74, 6) is 1.18. The molecule has 1 atom stereocenters. The fraction of sp³-hybridized carbons (Fsp3) is 0.619. The molecule has 6 nitrogen and oxygen atoms in total. The van der Waals surface area contributed by atoms with Gasteiger partial charge in [-0.1, -0.05) is 12.8 Å². The molecule has 1 aliphatic carbocycles. The molecule has 0 N–H and O–H groups in total. The molecule has 1 saturated carbocycles. The molecule has 1 saturated heterocycles. The molecule has 0 radical (unpaired) electrons. The Morgan fingerprint density at radius 1 is 1.11 bits per heavy atom. The quantitative estimate of drug-likeness (QED) is 0.800. The molecular formula is C21H28N2O4. The number of benzene rings is 1. The van der Waals surface area contributed by atoms with Gasteiger partial charge in [0, 0.05) is 36.7 Å². The van der Waals surface area contributed by atoms with E-state index in [9.17, 15) is 9.59 Å². The maximum Gasteiger partial charge on any atom is 0.254 e. The summed E-state index contributed by atoms with van der Waals surface area (Å²) in [6.07, 6.45) is 4.27. The van der Waals surface area contributed by atoms with Crippen molar-refractivity contribution in [2.24, 2.45) is 5.92 Å². The van der Waals surface area contributed by atoms with Crippen LogP contribution in [0.4, 0.5) is 0 Å². The fourth-order valence-electron chi connectivity index (χ4n) is 4.27. The van der Waals surface area contributed by atoms with Crippen LogP contribution in [0.25, 0.3) is 0 Å². The van der Waals surface area contributed by atoms with E-state index in [4.69, 9.17) is 9.47 Å². The number of hydrogen-bond donors (Lipinski definition) is 0. The Hall–Kier alpha value is -2.08. The summed E-state index contributed by atoms with van der Waals surface area (Å²) in [5, 5.41) is 0. The Kier molecular flexibility index (Phi) is 5.34. The van der Waals surface area contributed by atoms with Gasteiger partial charge in [0.05, 0.1) is 19.3 Å². The first-order valence-electron chi connectivity index (χ1n) is 10.1. The van der Waals surface area contributed by atoms with E-state index in [-0.39, 0.29) is 23.8 Å². The number of carbonyl (C=O) groups excluding carboxylic acids is 2. The molecule has 0 bridgehead atoms. The van der Waals surface area contributed by atoms with E-state index in [2.05, 4.69) is 0 Å². The van der Waals surface area contributed by atoms with Gasteiger partial charge in [-0.05, 0) is 38.0 Å². The third kappa shape index (κ3) is 3.81. The Morgan fingerprint density at radius 3 is 2.59 bits per heavy atom. The summed E-state index contributed by atoms with van der Waals surface area (Å²) in [7, 11) is 0. The van der Waals surface area contributed by atoms with E-state index in [1.54, 1.807) is 0 Å². The second-order valence-electron chi connectivity index (χ2n) is 7.83. The van der Waals surface area contributed by atoms with Crippen molar-refractivity contribution in [3.63, 3.8) is 0 Å². The van der Waals surface area contributed by atoms with Crippen LogP contribution in [0.3, 0.4) is 0 Å². The molecule has 146 valence electrons. The molecule has 6 heteroatoms. The van der Waals surface area contributed by atoms with E-state index in [0.29, 0.717) is 45.0 Å². The Labute approximate surface area is 160 Å². The van der Waals surface area contributed by atoms with Crippen molar-refractivity contribution in [3.8, 4) is 5.75 Å². The molecule has 4 rings (SSSR count). The lowest BCUT2D eigenvalue weighted by Gasteiger charge is -2.29. The molecule has 1 aromatic carbocycles. The van der Waals surface area contributed by atoms with Crippen LogP contribution in [0, 0.1) is 5.92 Å². The molecule has 0 aromatic heterocycles. The van der Waals surface area contributed by atoms with E-state index < -0.39 is 0 Å². The smallest absolute Gasteiger partial charge is 0.254 e. The van der Waals surface area contributed by atoms with E-state index in [0.717, 1.165) is 37.0 Å². The highest BCUT2D eigenvalue weighted by Gasteiger charge is 2.32. The molecule has 0 spiro atoms. The molecular weight excluding hydrogens is 344 g/mol. The maximum atomic E-state index is 13.0. The molecule has 3 aliphatic rings. The monoisotopic (exact) mass is 372 g/mol. The fourth-order valence-corrected chi connectivity index (χ4v) is 4.27. The van der Waals surface area contributed by atoms with Crippen LogP contribution < -0.4 is 4.74 Å². The molecule has 2 aliphatic heterocycles. The first kappa shape index (κ1) is 18.3. The number of nitrogens with zero attached hydrogens (tertiary/aromatic N) is 2. The normalized spacial score (nSPS) is 23.5. The minimum absolute atomic E-state index is 0.0204. The molecule has 1 aromatic rings. The number of morpholine rings is 1. The largest absolute Gasteiger partial charge is 0.491 e. The highest BCUT2D eigenvalue weighted by atomic mass is 16.5. The highest BCUT2D eigenvalue weighted by molar-refractivity contribution is 5.94. The zero-order chi connectivity index (χ0) is 18.8.